The van der Waals surface area contributed by atoms with Gasteiger partial charge in [-0.05, 0) is 31.9 Å². The second-order valence-corrected chi connectivity index (χ2v) is 4.14. The quantitative estimate of drug-likeness (QED) is 0.681. The second-order valence-electron chi connectivity index (χ2n) is 4.14. The predicted octanol–water partition coefficient (Wildman–Crippen LogP) is 2.98. The SMILES string of the molecule is CCNC(C)CCCOCc1ccccc1. The standard InChI is InChI=1S/C14H23NO/c1-3-15-13(2)8-7-11-16-12-14-9-5-4-6-10-14/h4-6,9-10,13,15H,3,7-8,11-12H2,1-2H3. The molecule has 0 aliphatic heterocycles. The molecule has 90 valence electrons. The van der Waals surface area contributed by atoms with Crippen LogP contribution in [-0.2, 0) is 11.3 Å². The van der Waals surface area contributed by atoms with Crippen molar-refractivity contribution in [3.05, 3.63) is 35.9 Å². The van der Waals surface area contributed by atoms with E-state index in [9.17, 15) is 0 Å². The van der Waals surface area contributed by atoms with Gasteiger partial charge in [0, 0.05) is 12.6 Å². The maximum Gasteiger partial charge on any atom is 0.0716 e. The van der Waals surface area contributed by atoms with Crippen molar-refractivity contribution in [2.75, 3.05) is 13.2 Å². The Morgan fingerprint density at radius 3 is 2.69 bits per heavy atom. The second kappa shape index (κ2) is 8.31. The third kappa shape index (κ3) is 5.89. The Balaban J connectivity index is 2.00. The van der Waals surface area contributed by atoms with Crippen molar-refractivity contribution in [2.45, 2.75) is 39.3 Å². The molecule has 2 heteroatoms. The van der Waals surface area contributed by atoms with E-state index in [1.165, 1.54) is 12.0 Å². The normalized spacial score (nSPS) is 12.6. The first kappa shape index (κ1) is 13.2. The molecule has 0 saturated heterocycles. The molecule has 0 bridgehead atoms. The Morgan fingerprint density at radius 1 is 1.25 bits per heavy atom. The Labute approximate surface area is 99.0 Å². The van der Waals surface area contributed by atoms with Crippen molar-refractivity contribution in [1.29, 1.82) is 0 Å². The van der Waals surface area contributed by atoms with E-state index < -0.39 is 0 Å². The van der Waals surface area contributed by atoms with E-state index in [4.69, 9.17) is 4.74 Å². The number of hydrogen-bond acceptors (Lipinski definition) is 2. The van der Waals surface area contributed by atoms with Crippen molar-refractivity contribution in [3.8, 4) is 0 Å². The van der Waals surface area contributed by atoms with Gasteiger partial charge in [-0.2, -0.15) is 0 Å². The molecule has 1 atom stereocenters. The summed E-state index contributed by atoms with van der Waals surface area (Å²) in [6, 6.07) is 10.9. The molecule has 1 aromatic rings. The molecule has 0 aliphatic carbocycles. The first-order valence-corrected chi connectivity index (χ1v) is 6.18. The van der Waals surface area contributed by atoms with E-state index in [1.807, 2.05) is 18.2 Å². The highest BCUT2D eigenvalue weighted by molar-refractivity contribution is 5.13. The average Bonchev–Trinajstić information content (AvgIpc) is 2.30. The van der Waals surface area contributed by atoms with Gasteiger partial charge in [-0.1, -0.05) is 37.3 Å². The van der Waals surface area contributed by atoms with Gasteiger partial charge in [0.25, 0.3) is 0 Å². The number of benzene rings is 1. The van der Waals surface area contributed by atoms with E-state index in [2.05, 4.69) is 31.3 Å². The zero-order chi connectivity index (χ0) is 11.6. The van der Waals surface area contributed by atoms with Crippen molar-refractivity contribution in [1.82, 2.24) is 5.32 Å². The fourth-order valence-electron chi connectivity index (χ4n) is 1.71. The van der Waals surface area contributed by atoms with Crippen molar-refractivity contribution in [2.24, 2.45) is 0 Å². The minimum atomic E-state index is 0.602. The minimum absolute atomic E-state index is 0.602. The first-order valence-electron chi connectivity index (χ1n) is 6.18. The zero-order valence-corrected chi connectivity index (χ0v) is 10.4. The lowest BCUT2D eigenvalue weighted by Gasteiger charge is -2.11. The van der Waals surface area contributed by atoms with Gasteiger partial charge in [0.1, 0.15) is 0 Å². The summed E-state index contributed by atoms with van der Waals surface area (Å²) in [4.78, 5) is 0. The Kier molecular flexibility index (Phi) is 6.86. The summed E-state index contributed by atoms with van der Waals surface area (Å²) in [5.74, 6) is 0. The van der Waals surface area contributed by atoms with Crippen LogP contribution in [0.25, 0.3) is 0 Å². The lowest BCUT2D eigenvalue weighted by molar-refractivity contribution is 0.115. The molecule has 0 aliphatic rings. The number of hydrogen-bond donors (Lipinski definition) is 1. The molecule has 16 heavy (non-hydrogen) atoms. The molecule has 1 rings (SSSR count). The number of ether oxygens (including phenoxy) is 1. The summed E-state index contributed by atoms with van der Waals surface area (Å²) >= 11 is 0. The molecule has 0 fully saturated rings. The Hall–Kier alpha value is -0.860. The highest BCUT2D eigenvalue weighted by atomic mass is 16.5. The summed E-state index contributed by atoms with van der Waals surface area (Å²) in [6.07, 6.45) is 2.31. The maximum absolute atomic E-state index is 5.62. The van der Waals surface area contributed by atoms with Crippen LogP contribution in [0.2, 0.25) is 0 Å². The predicted molar refractivity (Wildman–Crippen MR) is 68.5 cm³/mol. The summed E-state index contributed by atoms with van der Waals surface area (Å²) in [6.45, 7) is 7.00. The summed E-state index contributed by atoms with van der Waals surface area (Å²) < 4.78 is 5.62. The van der Waals surface area contributed by atoms with E-state index in [1.54, 1.807) is 0 Å². The maximum atomic E-state index is 5.62. The molecule has 0 amide bonds. The average molecular weight is 221 g/mol. The molecule has 0 spiro atoms. The largest absolute Gasteiger partial charge is 0.377 e. The lowest BCUT2D eigenvalue weighted by Crippen LogP contribution is -2.25. The van der Waals surface area contributed by atoms with Crippen LogP contribution in [0.15, 0.2) is 30.3 Å². The highest BCUT2D eigenvalue weighted by Gasteiger charge is 1.99. The number of nitrogens with one attached hydrogen (secondary N) is 1. The summed E-state index contributed by atoms with van der Waals surface area (Å²) in [5, 5.41) is 3.40. The van der Waals surface area contributed by atoms with Crippen LogP contribution < -0.4 is 5.32 Å². The Morgan fingerprint density at radius 2 is 2.00 bits per heavy atom. The van der Waals surface area contributed by atoms with Gasteiger partial charge in [0.15, 0.2) is 0 Å². The first-order chi connectivity index (χ1) is 7.83. The van der Waals surface area contributed by atoms with Crippen LogP contribution in [0.5, 0.6) is 0 Å². The molecular weight excluding hydrogens is 198 g/mol. The van der Waals surface area contributed by atoms with Crippen LogP contribution in [0.1, 0.15) is 32.3 Å². The van der Waals surface area contributed by atoms with Gasteiger partial charge in [0.2, 0.25) is 0 Å². The molecule has 1 N–H and O–H groups in total. The molecule has 0 heterocycles. The minimum Gasteiger partial charge on any atom is -0.377 e. The summed E-state index contributed by atoms with van der Waals surface area (Å²) in [5.41, 5.74) is 1.25. The summed E-state index contributed by atoms with van der Waals surface area (Å²) in [7, 11) is 0. The van der Waals surface area contributed by atoms with Crippen molar-refractivity contribution >= 4 is 0 Å². The Bertz CT molecular complexity index is 261. The van der Waals surface area contributed by atoms with Crippen LogP contribution in [-0.4, -0.2) is 19.2 Å². The van der Waals surface area contributed by atoms with Crippen molar-refractivity contribution in [3.63, 3.8) is 0 Å². The molecule has 0 saturated carbocycles. The smallest absolute Gasteiger partial charge is 0.0716 e. The highest BCUT2D eigenvalue weighted by Crippen LogP contribution is 2.02. The monoisotopic (exact) mass is 221 g/mol. The molecule has 0 aromatic heterocycles. The van der Waals surface area contributed by atoms with Gasteiger partial charge in [-0.25, -0.2) is 0 Å². The van der Waals surface area contributed by atoms with Gasteiger partial charge in [0.05, 0.1) is 6.61 Å². The molecule has 0 radical (unpaired) electrons. The van der Waals surface area contributed by atoms with Gasteiger partial charge < -0.3 is 10.1 Å². The van der Waals surface area contributed by atoms with Crippen LogP contribution >= 0.6 is 0 Å². The third-order valence-corrected chi connectivity index (χ3v) is 2.59. The van der Waals surface area contributed by atoms with E-state index >= 15 is 0 Å². The van der Waals surface area contributed by atoms with E-state index in [0.29, 0.717) is 6.04 Å². The van der Waals surface area contributed by atoms with Crippen LogP contribution in [0.3, 0.4) is 0 Å². The third-order valence-electron chi connectivity index (χ3n) is 2.59. The van der Waals surface area contributed by atoms with Crippen molar-refractivity contribution < 1.29 is 4.74 Å². The number of rotatable bonds is 8. The molecule has 1 aromatic carbocycles. The van der Waals surface area contributed by atoms with E-state index in [-0.39, 0.29) is 0 Å². The molecule has 1 unspecified atom stereocenters. The van der Waals surface area contributed by atoms with E-state index in [0.717, 1.165) is 26.2 Å². The van der Waals surface area contributed by atoms with Gasteiger partial charge in [-0.15, -0.1) is 0 Å². The molecular formula is C14H23NO. The zero-order valence-electron chi connectivity index (χ0n) is 10.4. The fraction of sp³-hybridized carbons (Fsp3) is 0.571. The molecule has 2 nitrogen and oxygen atoms in total. The fourth-order valence-corrected chi connectivity index (χ4v) is 1.71. The van der Waals surface area contributed by atoms with Crippen LogP contribution in [0, 0.1) is 0 Å². The van der Waals surface area contributed by atoms with Gasteiger partial charge in [-0.3, -0.25) is 0 Å². The van der Waals surface area contributed by atoms with Gasteiger partial charge >= 0.3 is 0 Å². The lowest BCUT2D eigenvalue weighted by atomic mass is 10.2. The van der Waals surface area contributed by atoms with Crippen LogP contribution in [0.4, 0.5) is 0 Å². The topological polar surface area (TPSA) is 21.3 Å².